The van der Waals surface area contributed by atoms with Crippen molar-refractivity contribution in [2.45, 2.75) is 13.0 Å². The van der Waals surface area contributed by atoms with Crippen molar-refractivity contribution in [2.75, 3.05) is 7.11 Å². The number of carbonyl (C=O) groups is 1. The number of aromatic nitrogens is 1. The molecule has 0 bridgehead atoms. The molecule has 0 saturated heterocycles. The number of aryl methyl sites for hydroxylation is 2. The number of nitrogens with zero attached hydrogens (tertiary/aromatic N) is 1. The highest BCUT2D eigenvalue weighted by Crippen LogP contribution is 2.20. The van der Waals surface area contributed by atoms with Gasteiger partial charge in [0.05, 0.1) is 7.11 Å². The quantitative estimate of drug-likeness (QED) is 0.667. The molecule has 0 aliphatic heterocycles. The van der Waals surface area contributed by atoms with Gasteiger partial charge in [0.1, 0.15) is 5.75 Å². The summed E-state index contributed by atoms with van der Waals surface area (Å²) < 4.78 is 7.31. The number of hydrogen-bond donors (Lipinski definition) is 0. The van der Waals surface area contributed by atoms with Gasteiger partial charge in [0.25, 0.3) is 0 Å². The summed E-state index contributed by atoms with van der Waals surface area (Å²) in [6, 6.07) is 16.1. The van der Waals surface area contributed by atoms with Crippen LogP contribution in [0.3, 0.4) is 0 Å². The minimum Gasteiger partial charge on any atom is -0.497 e. The van der Waals surface area contributed by atoms with Crippen LogP contribution in [0, 0.1) is 0 Å². The van der Waals surface area contributed by atoms with E-state index in [1.54, 1.807) is 7.11 Å². The summed E-state index contributed by atoms with van der Waals surface area (Å²) in [4.78, 5) is 11.2. The molecule has 1 heterocycles. The first-order valence-electron chi connectivity index (χ1n) is 6.98. The summed E-state index contributed by atoms with van der Waals surface area (Å²) in [5.74, 6) is 0.869. The van der Waals surface area contributed by atoms with Crippen LogP contribution in [-0.4, -0.2) is 18.0 Å². The number of rotatable bonds is 5. The van der Waals surface area contributed by atoms with Gasteiger partial charge < -0.3 is 9.30 Å². The fourth-order valence-corrected chi connectivity index (χ4v) is 2.60. The summed E-state index contributed by atoms with van der Waals surface area (Å²) in [5, 5.41) is 1.02. The molecule has 0 aliphatic rings. The van der Waals surface area contributed by atoms with Crippen molar-refractivity contribution in [3.05, 3.63) is 65.9 Å². The third kappa shape index (κ3) is 2.68. The predicted molar refractivity (Wildman–Crippen MR) is 84.0 cm³/mol. The topological polar surface area (TPSA) is 31.2 Å². The molecule has 0 amide bonds. The van der Waals surface area contributed by atoms with E-state index in [0.29, 0.717) is 0 Å². The number of para-hydroxylation sites is 1. The second-order valence-corrected chi connectivity index (χ2v) is 5.01. The Balaban J connectivity index is 1.83. The largest absolute Gasteiger partial charge is 0.497 e. The fourth-order valence-electron chi connectivity index (χ4n) is 2.60. The van der Waals surface area contributed by atoms with Crippen LogP contribution in [0.4, 0.5) is 0 Å². The maximum Gasteiger partial charge on any atom is 0.152 e. The Morgan fingerprint density at radius 2 is 1.86 bits per heavy atom. The van der Waals surface area contributed by atoms with Gasteiger partial charge in [0, 0.05) is 29.2 Å². The second-order valence-electron chi connectivity index (χ2n) is 5.01. The van der Waals surface area contributed by atoms with Crippen molar-refractivity contribution in [3.63, 3.8) is 0 Å². The van der Waals surface area contributed by atoms with Crippen molar-refractivity contribution < 1.29 is 9.53 Å². The van der Waals surface area contributed by atoms with E-state index >= 15 is 0 Å². The average Bonchev–Trinajstić information content (AvgIpc) is 2.91. The summed E-state index contributed by atoms with van der Waals surface area (Å²) in [6.07, 6.45) is 3.77. The Hall–Kier alpha value is -2.55. The highest BCUT2D eigenvalue weighted by Gasteiger charge is 2.07. The molecule has 1 aromatic heterocycles. The molecule has 0 saturated carbocycles. The standard InChI is InChI=1S/C18H17NO2/c1-21-16-8-6-14(7-9-16)10-11-19-12-15(13-20)17-4-2-3-5-18(17)19/h2-9,12-13H,10-11H2,1H3. The molecule has 3 heteroatoms. The van der Waals surface area contributed by atoms with Crippen LogP contribution in [0.5, 0.6) is 5.75 Å². The smallest absolute Gasteiger partial charge is 0.152 e. The zero-order chi connectivity index (χ0) is 14.7. The van der Waals surface area contributed by atoms with Gasteiger partial charge >= 0.3 is 0 Å². The molecule has 0 unspecified atom stereocenters. The van der Waals surface area contributed by atoms with E-state index < -0.39 is 0 Å². The van der Waals surface area contributed by atoms with Crippen LogP contribution >= 0.6 is 0 Å². The zero-order valence-corrected chi connectivity index (χ0v) is 12.0. The number of benzene rings is 2. The van der Waals surface area contributed by atoms with Crippen molar-refractivity contribution >= 4 is 17.2 Å². The first-order valence-corrected chi connectivity index (χ1v) is 6.98. The molecular weight excluding hydrogens is 262 g/mol. The van der Waals surface area contributed by atoms with Gasteiger partial charge in [-0.3, -0.25) is 4.79 Å². The molecular formula is C18H17NO2. The molecule has 0 atom stereocenters. The van der Waals surface area contributed by atoms with Crippen LogP contribution in [0.1, 0.15) is 15.9 Å². The molecule has 0 N–H and O–H groups in total. The average molecular weight is 279 g/mol. The van der Waals surface area contributed by atoms with Gasteiger partial charge in [-0.25, -0.2) is 0 Å². The summed E-state index contributed by atoms with van der Waals surface area (Å²) in [6.45, 7) is 0.848. The third-order valence-electron chi connectivity index (χ3n) is 3.75. The van der Waals surface area contributed by atoms with Crippen LogP contribution < -0.4 is 4.74 Å². The van der Waals surface area contributed by atoms with E-state index in [1.807, 2.05) is 36.5 Å². The van der Waals surface area contributed by atoms with E-state index in [2.05, 4.69) is 22.8 Å². The van der Waals surface area contributed by atoms with Gasteiger partial charge in [0.2, 0.25) is 0 Å². The van der Waals surface area contributed by atoms with Crippen molar-refractivity contribution in [3.8, 4) is 5.75 Å². The van der Waals surface area contributed by atoms with E-state index in [9.17, 15) is 4.79 Å². The van der Waals surface area contributed by atoms with Crippen LogP contribution in [0.25, 0.3) is 10.9 Å². The minimum absolute atomic E-state index is 0.750. The lowest BCUT2D eigenvalue weighted by molar-refractivity contribution is 0.112. The number of ether oxygens (including phenoxy) is 1. The lowest BCUT2D eigenvalue weighted by Crippen LogP contribution is -1.99. The van der Waals surface area contributed by atoms with Gasteiger partial charge in [0.15, 0.2) is 6.29 Å². The van der Waals surface area contributed by atoms with Gasteiger partial charge in [-0.15, -0.1) is 0 Å². The van der Waals surface area contributed by atoms with E-state index in [0.717, 1.165) is 41.5 Å². The molecule has 106 valence electrons. The number of methoxy groups -OCH3 is 1. The molecule has 21 heavy (non-hydrogen) atoms. The first kappa shape index (κ1) is 13.4. The summed E-state index contributed by atoms with van der Waals surface area (Å²) in [7, 11) is 1.67. The Labute approximate surface area is 123 Å². The highest BCUT2D eigenvalue weighted by atomic mass is 16.5. The molecule has 0 fully saturated rings. The maximum absolute atomic E-state index is 11.2. The monoisotopic (exact) mass is 279 g/mol. The van der Waals surface area contributed by atoms with E-state index in [1.165, 1.54) is 5.56 Å². The fraction of sp³-hybridized carbons (Fsp3) is 0.167. The van der Waals surface area contributed by atoms with Crippen molar-refractivity contribution in [1.82, 2.24) is 4.57 Å². The Bertz CT molecular complexity index is 756. The van der Waals surface area contributed by atoms with Crippen molar-refractivity contribution in [2.24, 2.45) is 0 Å². The van der Waals surface area contributed by atoms with Crippen LogP contribution in [0.15, 0.2) is 54.7 Å². The highest BCUT2D eigenvalue weighted by molar-refractivity contribution is 5.97. The third-order valence-corrected chi connectivity index (χ3v) is 3.75. The predicted octanol–water partition coefficient (Wildman–Crippen LogP) is 3.71. The number of hydrogen-bond acceptors (Lipinski definition) is 2. The maximum atomic E-state index is 11.2. The molecule has 0 aliphatic carbocycles. The molecule has 3 rings (SSSR count). The van der Waals surface area contributed by atoms with E-state index in [-0.39, 0.29) is 0 Å². The van der Waals surface area contributed by atoms with Gasteiger partial charge in [-0.2, -0.15) is 0 Å². The number of aldehydes is 1. The summed E-state index contributed by atoms with van der Waals surface area (Å²) in [5.41, 5.74) is 3.11. The molecule has 3 aromatic rings. The van der Waals surface area contributed by atoms with Crippen LogP contribution in [-0.2, 0) is 13.0 Å². The Kier molecular flexibility index (Phi) is 3.73. The van der Waals surface area contributed by atoms with E-state index in [4.69, 9.17) is 4.74 Å². The lowest BCUT2D eigenvalue weighted by atomic mass is 10.1. The second kappa shape index (κ2) is 5.83. The number of carbonyl (C=O) groups excluding carboxylic acids is 1. The van der Waals surface area contributed by atoms with Gasteiger partial charge in [-0.1, -0.05) is 30.3 Å². The summed E-state index contributed by atoms with van der Waals surface area (Å²) >= 11 is 0. The number of fused-ring (bicyclic) bond motifs is 1. The Morgan fingerprint density at radius 1 is 1.10 bits per heavy atom. The van der Waals surface area contributed by atoms with Crippen molar-refractivity contribution in [1.29, 1.82) is 0 Å². The normalized spacial score (nSPS) is 10.7. The SMILES string of the molecule is COc1ccc(CCn2cc(C=O)c3ccccc32)cc1. The van der Waals surface area contributed by atoms with Crippen LogP contribution in [0.2, 0.25) is 0 Å². The Morgan fingerprint density at radius 3 is 2.57 bits per heavy atom. The first-order chi connectivity index (χ1) is 10.3. The minimum atomic E-state index is 0.750. The van der Waals surface area contributed by atoms with Gasteiger partial charge in [-0.05, 0) is 30.2 Å². The molecule has 2 aromatic carbocycles. The molecule has 0 spiro atoms. The molecule has 0 radical (unpaired) electrons. The lowest BCUT2D eigenvalue weighted by Gasteiger charge is -2.06. The zero-order valence-electron chi connectivity index (χ0n) is 12.0. The molecule has 3 nitrogen and oxygen atoms in total.